The summed E-state index contributed by atoms with van der Waals surface area (Å²) in [5, 5.41) is 0. The van der Waals surface area contributed by atoms with E-state index in [0.717, 1.165) is 0 Å². The van der Waals surface area contributed by atoms with Crippen LogP contribution in [0.15, 0.2) is 0 Å². The third-order valence-electron chi connectivity index (χ3n) is 2.29. The van der Waals surface area contributed by atoms with Gasteiger partial charge in [0, 0.05) is 13.1 Å². The molecule has 1 saturated heterocycles. The van der Waals surface area contributed by atoms with Crippen molar-refractivity contribution in [3.8, 4) is 0 Å². The van der Waals surface area contributed by atoms with Gasteiger partial charge in [-0.3, -0.25) is 0 Å². The topological polar surface area (TPSA) is 29.5 Å². The molecule has 0 bridgehead atoms. The molecule has 0 N–H and O–H groups in total. The molecule has 1 rings (SSSR count). The molecule has 2 radical (unpaired) electrons. The van der Waals surface area contributed by atoms with Gasteiger partial charge in [-0.15, -0.1) is 0 Å². The molecule has 3 nitrogen and oxygen atoms in total. The van der Waals surface area contributed by atoms with Gasteiger partial charge >= 0.3 is 6.09 Å². The first-order valence-corrected chi connectivity index (χ1v) is 4.94. The molecule has 1 heterocycles. The fourth-order valence-electron chi connectivity index (χ4n) is 1.46. The van der Waals surface area contributed by atoms with E-state index in [1.807, 2.05) is 20.8 Å². The number of carbonyl (C=O) groups excluding carboxylic acids is 1. The molecule has 4 heteroatoms. The standard InChI is InChI=1S/C10H18BNO2/c1-9(2,3)14-8(13)12-6-10(4,5-11)7-12/h5-7H2,1-4H3. The second-order valence-corrected chi connectivity index (χ2v) is 5.35. The summed E-state index contributed by atoms with van der Waals surface area (Å²) in [7, 11) is 5.58. The highest BCUT2D eigenvalue weighted by Gasteiger charge is 2.41. The van der Waals surface area contributed by atoms with E-state index in [9.17, 15) is 4.79 Å². The van der Waals surface area contributed by atoms with E-state index < -0.39 is 5.60 Å². The lowest BCUT2D eigenvalue weighted by Gasteiger charge is -2.47. The van der Waals surface area contributed by atoms with Crippen LogP contribution in [0.1, 0.15) is 27.7 Å². The van der Waals surface area contributed by atoms with E-state index in [1.54, 1.807) is 4.90 Å². The molecule has 0 spiro atoms. The Hall–Kier alpha value is -0.665. The fraction of sp³-hybridized carbons (Fsp3) is 0.900. The van der Waals surface area contributed by atoms with Gasteiger partial charge in [-0.1, -0.05) is 13.2 Å². The SMILES string of the molecule is [B]CC1(C)CN(C(=O)OC(C)(C)C)C1. The number of hydrogen-bond acceptors (Lipinski definition) is 2. The van der Waals surface area contributed by atoms with Crippen LogP contribution in [-0.2, 0) is 4.74 Å². The van der Waals surface area contributed by atoms with Crippen molar-refractivity contribution in [3.63, 3.8) is 0 Å². The van der Waals surface area contributed by atoms with Gasteiger partial charge in [0.05, 0.1) is 7.85 Å². The number of carbonyl (C=O) groups is 1. The van der Waals surface area contributed by atoms with Crippen molar-refractivity contribution in [3.05, 3.63) is 0 Å². The molecular weight excluding hydrogens is 177 g/mol. The molecule has 0 aromatic heterocycles. The van der Waals surface area contributed by atoms with Crippen LogP contribution in [-0.4, -0.2) is 37.5 Å². The maximum atomic E-state index is 11.5. The predicted octanol–water partition coefficient (Wildman–Crippen LogP) is 1.83. The minimum atomic E-state index is -0.411. The van der Waals surface area contributed by atoms with Gasteiger partial charge in [0.1, 0.15) is 5.60 Å². The summed E-state index contributed by atoms with van der Waals surface area (Å²) in [5.41, 5.74) is -0.317. The van der Waals surface area contributed by atoms with Gasteiger partial charge in [-0.2, -0.15) is 0 Å². The maximum absolute atomic E-state index is 11.5. The minimum Gasteiger partial charge on any atom is -0.444 e. The van der Waals surface area contributed by atoms with Crippen LogP contribution in [0, 0.1) is 5.41 Å². The molecule has 0 saturated carbocycles. The number of rotatable bonds is 1. The molecule has 0 aromatic carbocycles. The van der Waals surface area contributed by atoms with E-state index in [4.69, 9.17) is 12.6 Å². The Morgan fingerprint density at radius 1 is 1.50 bits per heavy atom. The van der Waals surface area contributed by atoms with Crippen LogP contribution in [0.25, 0.3) is 0 Å². The summed E-state index contributed by atoms with van der Waals surface area (Å²) in [4.78, 5) is 13.2. The third-order valence-corrected chi connectivity index (χ3v) is 2.29. The quantitative estimate of drug-likeness (QED) is 0.597. The van der Waals surface area contributed by atoms with Crippen LogP contribution in [0.4, 0.5) is 4.79 Å². The molecule has 78 valence electrons. The average Bonchev–Trinajstić information content (AvgIpc) is 1.95. The Labute approximate surface area is 87.2 Å². The van der Waals surface area contributed by atoms with Crippen LogP contribution in [0.2, 0.25) is 6.32 Å². The zero-order chi connectivity index (χ0) is 11.0. The fourth-order valence-corrected chi connectivity index (χ4v) is 1.46. The van der Waals surface area contributed by atoms with Crippen molar-refractivity contribution in [2.24, 2.45) is 5.41 Å². The zero-order valence-corrected chi connectivity index (χ0v) is 9.46. The normalized spacial score (nSPS) is 20.1. The smallest absolute Gasteiger partial charge is 0.410 e. The summed E-state index contributed by atoms with van der Waals surface area (Å²) in [6.45, 7) is 9.09. The molecule has 1 fully saturated rings. The summed E-state index contributed by atoms with van der Waals surface area (Å²) < 4.78 is 5.23. The first-order valence-electron chi connectivity index (χ1n) is 4.94. The molecule has 14 heavy (non-hydrogen) atoms. The highest BCUT2D eigenvalue weighted by molar-refractivity contribution is 6.09. The molecule has 0 aliphatic carbocycles. The van der Waals surface area contributed by atoms with Gasteiger partial charge < -0.3 is 9.64 Å². The van der Waals surface area contributed by atoms with Crippen LogP contribution in [0.5, 0.6) is 0 Å². The van der Waals surface area contributed by atoms with Crippen molar-refractivity contribution in [1.82, 2.24) is 4.90 Å². The third kappa shape index (κ3) is 2.66. The lowest BCUT2D eigenvalue weighted by atomic mass is 9.72. The first kappa shape index (κ1) is 11.4. The van der Waals surface area contributed by atoms with Crippen molar-refractivity contribution in [1.29, 1.82) is 0 Å². The van der Waals surface area contributed by atoms with E-state index in [2.05, 4.69) is 6.92 Å². The summed E-state index contributed by atoms with van der Waals surface area (Å²) >= 11 is 0. The Morgan fingerprint density at radius 3 is 2.36 bits per heavy atom. The second-order valence-electron chi connectivity index (χ2n) is 5.35. The molecule has 1 aliphatic rings. The van der Waals surface area contributed by atoms with Gasteiger partial charge in [0.2, 0.25) is 0 Å². The van der Waals surface area contributed by atoms with E-state index >= 15 is 0 Å². The lowest BCUT2D eigenvalue weighted by Crippen LogP contribution is -2.57. The second kappa shape index (κ2) is 3.48. The maximum Gasteiger partial charge on any atom is 0.410 e. The molecule has 0 unspecified atom stereocenters. The van der Waals surface area contributed by atoms with Crippen molar-refractivity contribution in [2.45, 2.75) is 39.6 Å². The molecule has 1 amide bonds. The number of hydrogen-bond donors (Lipinski definition) is 0. The van der Waals surface area contributed by atoms with Gasteiger partial charge in [0.15, 0.2) is 0 Å². The molecular formula is C10H18BNO2. The largest absolute Gasteiger partial charge is 0.444 e. The van der Waals surface area contributed by atoms with Gasteiger partial charge in [0.25, 0.3) is 0 Å². The van der Waals surface area contributed by atoms with Crippen LogP contribution in [0.3, 0.4) is 0 Å². The molecule has 1 aliphatic heterocycles. The first-order chi connectivity index (χ1) is 6.26. The van der Waals surface area contributed by atoms with Crippen molar-refractivity contribution >= 4 is 13.9 Å². The molecule has 0 atom stereocenters. The average molecular weight is 195 g/mol. The Kier molecular flexibility index (Phi) is 2.84. The van der Waals surface area contributed by atoms with E-state index in [-0.39, 0.29) is 11.5 Å². The number of amides is 1. The minimum absolute atomic E-state index is 0.0942. The number of likely N-dealkylation sites (tertiary alicyclic amines) is 1. The zero-order valence-electron chi connectivity index (χ0n) is 9.46. The van der Waals surface area contributed by atoms with E-state index in [0.29, 0.717) is 19.4 Å². The number of nitrogens with zero attached hydrogens (tertiary/aromatic N) is 1. The van der Waals surface area contributed by atoms with Gasteiger partial charge in [-0.05, 0) is 26.2 Å². The van der Waals surface area contributed by atoms with E-state index in [1.165, 1.54) is 0 Å². The van der Waals surface area contributed by atoms with Crippen molar-refractivity contribution in [2.75, 3.05) is 13.1 Å². The Balaban J connectivity index is 2.37. The lowest BCUT2D eigenvalue weighted by molar-refractivity contribution is -0.0215. The molecule has 0 aromatic rings. The Morgan fingerprint density at radius 2 is 2.00 bits per heavy atom. The number of ether oxygens (including phenoxy) is 1. The van der Waals surface area contributed by atoms with Crippen LogP contribution >= 0.6 is 0 Å². The van der Waals surface area contributed by atoms with Gasteiger partial charge in [-0.25, -0.2) is 4.79 Å². The summed E-state index contributed by atoms with van der Waals surface area (Å²) in [6, 6.07) is 0. The monoisotopic (exact) mass is 195 g/mol. The van der Waals surface area contributed by atoms with Crippen molar-refractivity contribution < 1.29 is 9.53 Å². The predicted molar refractivity (Wildman–Crippen MR) is 56.5 cm³/mol. The highest BCUT2D eigenvalue weighted by Crippen LogP contribution is 2.33. The summed E-state index contributed by atoms with van der Waals surface area (Å²) in [6.07, 6.45) is 0.384. The highest BCUT2D eigenvalue weighted by atomic mass is 16.6. The summed E-state index contributed by atoms with van der Waals surface area (Å²) in [5.74, 6) is 0. The van der Waals surface area contributed by atoms with Crippen LogP contribution < -0.4 is 0 Å². The Bertz CT molecular complexity index is 229.